The van der Waals surface area contributed by atoms with E-state index >= 15 is 0 Å². The average molecular weight is 251 g/mol. The molecule has 17 heavy (non-hydrogen) atoms. The Balaban J connectivity index is 2.50. The fraction of sp³-hybridized carbons (Fsp3) is 0.167. The van der Waals surface area contributed by atoms with Crippen LogP contribution in [0.15, 0.2) is 30.6 Å². The quantitative estimate of drug-likeness (QED) is 0.786. The van der Waals surface area contributed by atoms with Crippen molar-refractivity contribution in [3.05, 3.63) is 35.7 Å². The van der Waals surface area contributed by atoms with Crippen LogP contribution in [0.2, 0.25) is 5.15 Å². The largest absolute Gasteiger partial charge is 0.497 e. The fourth-order valence-electron chi connectivity index (χ4n) is 1.45. The van der Waals surface area contributed by atoms with Crippen LogP contribution < -0.4 is 9.47 Å². The van der Waals surface area contributed by atoms with Crippen molar-refractivity contribution in [2.75, 3.05) is 14.2 Å². The molecule has 0 aliphatic heterocycles. The van der Waals surface area contributed by atoms with Crippen molar-refractivity contribution in [2.45, 2.75) is 0 Å². The molecule has 4 nitrogen and oxygen atoms in total. The second-order valence-electron chi connectivity index (χ2n) is 3.33. The number of ether oxygens (including phenoxy) is 2. The molecule has 0 unspecified atom stereocenters. The number of benzene rings is 1. The van der Waals surface area contributed by atoms with Crippen molar-refractivity contribution in [3.63, 3.8) is 0 Å². The van der Waals surface area contributed by atoms with Gasteiger partial charge in [-0.05, 0) is 12.1 Å². The standard InChI is InChI=1S/C12H11ClN2O2/c1-16-9-3-8(4-10(5-9)17-2)11-6-12(13)15-7-14-11/h3-7H,1-2H3. The smallest absolute Gasteiger partial charge is 0.133 e. The van der Waals surface area contributed by atoms with Crippen molar-refractivity contribution in [1.82, 2.24) is 9.97 Å². The Bertz CT molecular complexity index is 509. The molecule has 0 saturated carbocycles. The second-order valence-corrected chi connectivity index (χ2v) is 3.71. The third-order valence-electron chi connectivity index (χ3n) is 2.28. The van der Waals surface area contributed by atoms with Gasteiger partial charge in [0.25, 0.3) is 0 Å². The van der Waals surface area contributed by atoms with E-state index in [9.17, 15) is 0 Å². The van der Waals surface area contributed by atoms with E-state index in [1.165, 1.54) is 6.33 Å². The summed E-state index contributed by atoms with van der Waals surface area (Å²) in [5.74, 6) is 1.41. The van der Waals surface area contributed by atoms with Crippen LogP contribution in [0.1, 0.15) is 0 Å². The van der Waals surface area contributed by atoms with Gasteiger partial charge in [0, 0.05) is 17.7 Å². The molecule has 88 valence electrons. The predicted octanol–water partition coefficient (Wildman–Crippen LogP) is 2.81. The third kappa shape index (κ3) is 2.65. The molecule has 2 aromatic rings. The van der Waals surface area contributed by atoms with Crippen molar-refractivity contribution in [2.24, 2.45) is 0 Å². The first-order valence-electron chi connectivity index (χ1n) is 4.94. The molecule has 0 amide bonds. The molecule has 0 atom stereocenters. The minimum absolute atomic E-state index is 0.400. The lowest BCUT2D eigenvalue weighted by molar-refractivity contribution is 0.394. The number of nitrogens with zero attached hydrogens (tertiary/aromatic N) is 2. The Labute approximate surface area is 104 Å². The van der Waals surface area contributed by atoms with E-state index in [0.717, 1.165) is 11.3 Å². The Morgan fingerprint density at radius 3 is 2.12 bits per heavy atom. The highest BCUT2D eigenvalue weighted by Crippen LogP contribution is 2.29. The Morgan fingerprint density at radius 1 is 0.941 bits per heavy atom. The van der Waals surface area contributed by atoms with E-state index in [4.69, 9.17) is 21.1 Å². The van der Waals surface area contributed by atoms with E-state index in [1.807, 2.05) is 12.1 Å². The summed E-state index contributed by atoms with van der Waals surface area (Å²) >= 11 is 5.83. The van der Waals surface area contributed by atoms with Crippen LogP contribution in [0.4, 0.5) is 0 Å². The summed E-state index contributed by atoms with van der Waals surface area (Å²) in [5.41, 5.74) is 1.59. The van der Waals surface area contributed by atoms with E-state index < -0.39 is 0 Å². The summed E-state index contributed by atoms with van der Waals surface area (Å²) in [6.45, 7) is 0. The Hall–Kier alpha value is -1.81. The molecule has 0 aliphatic carbocycles. The van der Waals surface area contributed by atoms with Gasteiger partial charge < -0.3 is 9.47 Å². The van der Waals surface area contributed by atoms with Crippen LogP contribution in [0, 0.1) is 0 Å². The molecule has 0 aliphatic rings. The number of methoxy groups -OCH3 is 2. The summed E-state index contributed by atoms with van der Waals surface area (Å²) in [6, 6.07) is 7.21. The first-order chi connectivity index (χ1) is 8.22. The fourth-order valence-corrected chi connectivity index (χ4v) is 1.59. The predicted molar refractivity (Wildman–Crippen MR) is 65.6 cm³/mol. The molecule has 0 fully saturated rings. The number of halogens is 1. The maximum Gasteiger partial charge on any atom is 0.133 e. The normalized spacial score (nSPS) is 10.1. The molecule has 0 radical (unpaired) electrons. The maximum atomic E-state index is 5.83. The van der Waals surface area contributed by atoms with E-state index in [0.29, 0.717) is 16.7 Å². The van der Waals surface area contributed by atoms with E-state index in [-0.39, 0.29) is 0 Å². The highest BCUT2D eigenvalue weighted by Gasteiger charge is 2.06. The molecular weight excluding hydrogens is 240 g/mol. The Morgan fingerprint density at radius 2 is 1.59 bits per heavy atom. The number of aromatic nitrogens is 2. The zero-order valence-corrected chi connectivity index (χ0v) is 10.2. The highest BCUT2D eigenvalue weighted by atomic mass is 35.5. The van der Waals surface area contributed by atoms with Gasteiger partial charge in [0.2, 0.25) is 0 Å². The molecule has 1 aromatic heterocycles. The highest BCUT2D eigenvalue weighted by molar-refractivity contribution is 6.29. The zero-order chi connectivity index (χ0) is 12.3. The second kappa shape index (κ2) is 5.01. The van der Waals surface area contributed by atoms with Gasteiger partial charge in [0.05, 0.1) is 19.9 Å². The molecule has 5 heteroatoms. The van der Waals surface area contributed by atoms with E-state index in [2.05, 4.69) is 9.97 Å². The molecule has 2 rings (SSSR count). The minimum Gasteiger partial charge on any atom is -0.497 e. The van der Waals surface area contributed by atoms with Gasteiger partial charge in [-0.2, -0.15) is 0 Å². The van der Waals surface area contributed by atoms with Crippen LogP contribution >= 0.6 is 11.6 Å². The lowest BCUT2D eigenvalue weighted by Crippen LogP contribution is -1.90. The topological polar surface area (TPSA) is 44.2 Å². The first kappa shape index (κ1) is 11.7. The molecule has 0 saturated heterocycles. The lowest BCUT2D eigenvalue weighted by Gasteiger charge is -2.07. The molecule has 1 heterocycles. The lowest BCUT2D eigenvalue weighted by atomic mass is 10.1. The minimum atomic E-state index is 0.400. The molecular formula is C12H11ClN2O2. The SMILES string of the molecule is COc1cc(OC)cc(-c2cc(Cl)ncn2)c1. The van der Waals surface area contributed by atoms with Gasteiger partial charge in [0.1, 0.15) is 23.0 Å². The van der Waals surface area contributed by atoms with Crippen LogP contribution in [0.5, 0.6) is 11.5 Å². The maximum absolute atomic E-state index is 5.83. The first-order valence-corrected chi connectivity index (χ1v) is 5.31. The van der Waals surface area contributed by atoms with Gasteiger partial charge >= 0.3 is 0 Å². The van der Waals surface area contributed by atoms with Crippen LogP contribution in [0.25, 0.3) is 11.3 Å². The van der Waals surface area contributed by atoms with Crippen molar-refractivity contribution < 1.29 is 9.47 Å². The van der Waals surface area contributed by atoms with Gasteiger partial charge in [-0.3, -0.25) is 0 Å². The van der Waals surface area contributed by atoms with Crippen molar-refractivity contribution >= 4 is 11.6 Å². The number of hydrogen-bond donors (Lipinski definition) is 0. The average Bonchev–Trinajstić information content (AvgIpc) is 2.38. The summed E-state index contributed by atoms with van der Waals surface area (Å²) in [6.07, 6.45) is 1.42. The number of rotatable bonds is 3. The summed E-state index contributed by atoms with van der Waals surface area (Å²) in [5, 5.41) is 0.400. The molecule has 1 aromatic carbocycles. The monoisotopic (exact) mass is 250 g/mol. The van der Waals surface area contributed by atoms with Crippen LogP contribution in [-0.2, 0) is 0 Å². The van der Waals surface area contributed by atoms with Gasteiger partial charge in [0.15, 0.2) is 0 Å². The van der Waals surface area contributed by atoms with Crippen LogP contribution in [0.3, 0.4) is 0 Å². The van der Waals surface area contributed by atoms with Gasteiger partial charge in [-0.25, -0.2) is 9.97 Å². The zero-order valence-electron chi connectivity index (χ0n) is 9.48. The van der Waals surface area contributed by atoms with Crippen molar-refractivity contribution in [3.8, 4) is 22.8 Å². The molecule has 0 N–H and O–H groups in total. The molecule has 0 bridgehead atoms. The summed E-state index contributed by atoms with van der Waals surface area (Å²) in [4.78, 5) is 8.00. The van der Waals surface area contributed by atoms with Crippen LogP contribution in [-0.4, -0.2) is 24.2 Å². The van der Waals surface area contributed by atoms with Gasteiger partial charge in [-0.1, -0.05) is 11.6 Å². The van der Waals surface area contributed by atoms with E-state index in [1.54, 1.807) is 26.4 Å². The third-order valence-corrected chi connectivity index (χ3v) is 2.49. The molecule has 0 spiro atoms. The Kier molecular flexibility index (Phi) is 3.44. The summed E-state index contributed by atoms with van der Waals surface area (Å²) in [7, 11) is 3.21. The number of hydrogen-bond acceptors (Lipinski definition) is 4. The van der Waals surface area contributed by atoms with Gasteiger partial charge in [-0.15, -0.1) is 0 Å². The van der Waals surface area contributed by atoms with Crippen molar-refractivity contribution in [1.29, 1.82) is 0 Å². The summed E-state index contributed by atoms with van der Waals surface area (Å²) < 4.78 is 10.4.